The normalized spacial score (nSPS) is 10.6. The van der Waals surface area contributed by atoms with E-state index in [0.29, 0.717) is 0 Å². The summed E-state index contributed by atoms with van der Waals surface area (Å²) in [5.74, 6) is 0.841. The number of furan rings is 1. The van der Waals surface area contributed by atoms with Crippen molar-refractivity contribution in [3.05, 3.63) is 48.9 Å². The zero-order chi connectivity index (χ0) is 11.7. The second kappa shape index (κ2) is 3.94. The maximum absolute atomic E-state index is 5.36. The van der Waals surface area contributed by atoms with E-state index in [1.54, 1.807) is 19.6 Å². The topological polar surface area (TPSA) is 35.3 Å². The van der Waals surface area contributed by atoms with Crippen molar-refractivity contribution in [2.75, 3.05) is 7.11 Å². The maximum Gasteiger partial charge on any atom is 0.137 e. The highest BCUT2D eigenvalue weighted by Gasteiger charge is 2.06. The Bertz CT molecular complexity index is 641. The van der Waals surface area contributed by atoms with Crippen LogP contribution in [-0.4, -0.2) is 12.1 Å². The molecule has 0 saturated carbocycles. The van der Waals surface area contributed by atoms with Gasteiger partial charge in [-0.05, 0) is 36.4 Å². The van der Waals surface area contributed by atoms with E-state index in [-0.39, 0.29) is 0 Å². The SMILES string of the molecule is COc1ccc(-c2nccc3occc23)cc1. The summed E-state index contributed by atoms with van der Waals surface area (Å²) in [4.78, 5) is 4.40. The van der Waals surface area contributed by atoms with Gasteiger partial charge in [0.25, 0.3) is 0 Å². The molecule has 0 amide bonds. The van der Waals surface area contributed by atoms with Crippen molar-refractivity contribution >= 4 is 11.0 Å². The van der Waals surface area contributed by atoms with E-state index in [1.165, 1.54) is 0 Å². The molecule has 3 nitrogen and oxygen atoms in total. The van der Waals surface area contributed by atoms with Crippen LogP contribution in [0.1, 0.15) is 0 Å². The second-order valence-electron chi connectivity index (χ2n) is 3.72. The van der Waals surface area contributed by atoms with Gasteiger partial charge in [0.15, 0.2) is 0 Å². The van der Waals surface area contributed by atoms with Gasteiger partial charge in [-0.3, -0.25) is 4.98 Å². The first-order valence-corrected chi connectivity index (χ1v) is 5.35. The second-order valence-corrected chi connectivity index (χ2v) is 3.72. The number of hydrogen-bond donors (Lipinski definition) is 0. The van der Waals surface area contributed by atoms with E-state index in [2.05, 4.69) is 4.98 Å². The minimum Gasteiger partial charge on any atom is -0.497 e. The first-order valence-electron chi connectivity index (χ1n) is 5.35. The monoisotopic (exact) mass is 225 g/mol. The highest BCUT2D eigenvalue weighted by molar-refractivity contribution is 5.91. The van der Waals surface area contributed by atoms with Gasteiger partial charge in [-0.15, -0.1) is 0 Å². The molecule has 17 heavy (non-hydrogen) atoms. The van der Waals surface area contributed by atoms with Crippen molar-refractivity contribution in [2.45, 2.75) is 0 Å². The van der Waals surface area contributed by atoms with Gasteiger partial charge in [0.1, 0.15) is 11.3 Å². The minimum absolute atomic E-state index is 0.841. The van der Waals surface area contributed by atoms with Crippen LogP contribution in [0.2, 0.25) is 0 Å². The molecule has 0 atom stereocenters. The first kappa shape index (κ1) is 9.90. The highest BCUT2D eigenvalue weighted by Crippen LogP contribution is 2.28. The summed E-state index contributed by atoms with van der Waals surface area (Å²) in [5.41, 5.74) is 2.84. The Labute approximate surface area is 98.7 Å². The van der Waals surface area contributed by atoms with Gasteiger partial charge in [-0.1, -0.05) is 0 Å². The molecule has 0 aliphatic heterocycles. The third kappa shape index (κ3) is 1.65. The first-order chi connectivity index (χ1) is 8.38. The Hall–Kier alpha value is -2.29. The summed E-state index contributed by atoms with van der Waals surface area (Å²) < 4.78 is 10.5. The lowest BCUT2D eigenvalue weighted by Crippen LogP contribution is -1.85. The van der Waals surface area contributed by atoms with E-state index >= 15 is 0 Å². The van der Waals surface area contributed by atoms with E-state index in [1.807, 2.05) is 36.4 Å². The van der Waals surface area contributed by atoms with E-state index < -0.39 is 0 Å². The quantitative estimate of drug-likeness (QED) is 0.669. The molecule has 0 unspecified atom stereocenters. The van der Waals surface area contributed by atoms with Crippen LogP contribution in [-0.2, 0) is 0 Å². The molecule has 0 saturated heterocycles. The number of methoxy groups -OCH3 is 1. The maximum atomic E-state index is 5.36. The van der Waals surface area contributed by atoms with Gasteiger partial charge in [0.2, 0.25) is 0 Å². The predicted octanol–water partition coefficient (Wildman–Crippen LogP) is 3.50. The number of pyridine rings is 1. The number of aromatic nitrogens is 1. The third-order valence-electron chi connectivity index (χ3n) is 2.74. The lowest BCUT2D eigenvalue weighted by atomic mass is 10.1. The standard InChI is InChI=1S/C14H11NO2/c1-16-11-4-2-10(3-5-11)14-12-7-9-17-13(12)6-8-15-14/h2-9H,1H3. The van der Waals surface area contributed by atoms with Crippen molar-refractivity contribution in [1.29, 1.82) is 0 Å². The largest absolute Gasteiger partial charge is 0.497 e. The summed E-state index contributed by atoms with van der Waals surface area (Å²) >= 11 is 0. The third-order valence-corrected chi connectivity index (χ3v) is 2.74. The molecule has 1 aromatic carbocycles. The van der Waals surface area contributed by atoms with Crippen LogP contribution in [0.25, 0.3) is 22.2 Å². The number of benzene rings is 1. The Morgan fingerprint density at radius 3 is 2.65 bits per heavy atom. The molecule has 0 aliphatic carbocycles. The number of ether oxygens (including phenoxy) is 1. The fraction of sp³-hybridized carbons (Fsp3) is 0.0714. The van der Waals surface area contributed by atoms with Crippen LogP contribution in [0.3, 0.4) is 0 Å². The molecule has 2 aromatic heterocycles. The van der Waals surface area contributed by atoms with Crippen LogP contribution >= 0.6 is 0 Å². The van der Waals surface area contributed by atoms with Crippen LogP contribution in [0.5, 0.6) is 5.75 Å². The molecule has 2 heterocycles. The van der Waals surface area contributed by atoms with E-state index in [4.69, 9.17) is 9.15 Å². The van der Waals surface area contributed by atoms with Gasteiger partial charge in [0, 0.05) is 17.1 Å². The summed E-state index contributed by atoms with van der Waals surface area (Å²) in [5, 5.41) is 1.03. The van der Waals surface area contributed by atoms with Gasteiger partial charge in [0.05, 0.1) is 19.1 Å². The Morgan fingerprint density at radius 2 is 1.88 bits per heavy atom. The van der Waals surface area contributed by atoms with Crippen molar-refractivity contribution in [3.8, 4) is 17.0 Å². The van der Waals surface area contributed by atoms with Crippen molar-refractivity contribution < 1.29 is 9.15 Å². The Morgan fingerprint density at radius 1 is 1.06 bits per heavy atom. The smallest absolute Gasteiger partial charge is 0.137 e. The number of hydrogen-bond acceptors (Lipinski definition) is 3. The van der Waals surface area contributed by atoms with E-state index in [0.717, 1.165) is 28.0 Å². The minimum atomic E-state index is 0.841. The van der Waals surface area contributed by atoms with Crippen LogP contribution in [0.4, 0.5) is 0 Å². The summed E-state index contributed by atoms with van der Waals surface area (Å²) in [6.07, 6.45) is 3.44. The predicted molar refractivity (Wildman–Crippen MR) is 66.0 cm³/mol. The summed E-state index contributed by atoms with van der Waals surface area (Å²) in [6, 6.07) is 11.6. The van der Waals surface area contributed by atoms with E-state index in [9.17, 15) is 0 Å². The zero-order valence-electron chi connectivity index (χ0n) is 9.38. The van der Waals surface area contributed by atoms with Gasteiger partial charge in [-0.2, -0.15) is 0 Å². The fourth-order valence-corrected chi connectivity index (χ4v) is 1.87. The number of nitrogens with zero attached hydrogens (tertiary/aromatic N) is 1. The fourth-order valence-electron chi connectivity index (χ4n) is 1.87. The van der Waals surface area contributed by atoms with Crippen LogP contribution in [0, 0.1) is 0 Å². The van der Waals surface area contributed by atoms with Crippen LogP contribution in [0.15, 0.2) is 53.3 Å². The van der Waals surface area contributed by atoms with Gasteiger partial charge < -0.3 is 9.15 Å². The molecule has 84 valence electrons. The van der Waals surface area contributed by atoms with Crippen molar-refractivity contribution in [2.24, 2.45) is 0 Å². The number of rotatable bonds is 2. The number of fused-ring (bicyclic) bond motifs is 1. The lowest BCUT2D eigenvalue weighted by molar-refractivity contribution is 0.415. The van der Waals surface area contributed by atoms with Gasteiger partial charge in [-0.25, -0.2) is 0 Å². The average molecular weight is 225 g/mol. The molecule has 0 N–H and O–H groups in total. The summed E-state index contributed by atoms with van der Waals surface area (Å²) in [6.45, 7) is 0. The molecule has 0 fully saturated rings. The Balaban J connectivity index is 2.16. The molecular formula is C14H11NO2. The van der Waals surface area contributed by atoms with Crippen molar-refractivity contribution in [3.63, 3.8) is 0 Å². The van der Waals surface area contributed by atoms with Crippen LogP contribution < -0.4 is 4.74 Å². The lowest BCUT2D eigenvalue weighted by Gasteiger charge is -2.03. The van der Waals surface area contributed by atoms with Gasteiger partial charge >= 0.3 is 0 Å². The Kier molecular flexibility index (Phi) is 2.29. The molecule has 3 aromatic rings. The molecule has 0 spiro atoms. The molecular weight excluding hydrogens is 214 g/mol. The molecule has 0 bridgehead atoms. The molecule has 0 radical (unpaired) electrons. The molecule has 3 heteroatoms. The molecule has 3 rings (SSSR count). The zero-order valence-corrected chi connectivity index (χ0v) is 9.38. The molecule has 0 aliphatic rings. The highest BCUT2D eigenvalue weighted by atomic mass is 16.5. The van der Waals surface area contributed by atoms with Crippen molar-refractivity contribution in [1.82, 2.24) is 4.98 Å². The average Bonchev–Trinajstić information content (AvgIpc) is 2.87. The summed E-state index contributed by atoms with van der Waals surface area (Å²) in [7, 11) is 1.66.